The lowest BCUT2D eigenvalue weighted by Gasteiger charge is -2.20. The Bertz CT molecular complexity index is 192. The molecule has 1 heterocycles. The van der Waals surface area contributed by atoms with E-state index >= 15 is 0 Å². The Hall–Kier alpha value is -0.830. The minimum atomic E-state index is -0.372. The molecule has 1 aliphatic rings. The van der Waals surface area contributed by atoms with E-state index in [1.165, 1.54) is 6.08 Å². The molecule has 12 heavy (non-hydrogen) atoms. The summed E-state index contributed by atoms with van der Waals surface area (Å²) in [4.78, 5) is 10.7. The largest absolute Gasteiger partial charge is 0.462 e. The first-order valence-corrected chi connectivity index (χ1v) is 3.97. The summed E-state index contributed by atoms with van der Waals surface area (Å²) < 4.78 is 10.0. The maximum atomic E-state index is 10.7. The fourth-order valence-electron chi connectivity index (χ4n) is 0.908. The van der Waals surface area contributed by atoms with Crippen molar-refractivity contribution in [3.8, 4) is 0 Å². The summed E-state index contributed by atoms with van der Waals surface area (Å²) in [6.07, 6.45) is 1.42. The van der Waals surface area contributed by atoms with E-state index in [1.54, 1.807) is 0 Å². The third kappa shape index (κ3) is 2.34. The second kappa shape index (κ2) is 3.27. The monoisotopic (exact) mass is 170 g/mol. The van der Waals surface area contributed by atoms with Gasteiger partial charge in [0.2, 0.25) is 0 Å². The van der Waals surface area contributed by atoms with Crippen molar-refractivity contribution in [2.75, 3.05) is 13.2 Å². The molecule has 1 unspecified atom stereocenters. The molecule has 1 atom stereocenters. The summed E-state index contributed by atoms with van der Waals surface area (Å²) in [6, 6.07) is 0. The summed E-state index contributed by atoms with van der Waals surface area (Å²) in [6.45, 7) is 8.51. The van der Waals surface area contributed by atoms with Gasteiger partial charge in [-0.2, -0.15) is 0 Å². The molecule has 0 spiro atoms. The van der Waals surface area contributed by atoms with Crippen molar-refractivity contribution < 1.29 is 14.3 Å². The van der Waals surface area contributed by atoms with Crippen LogP contribution < -0.4 is 0 Å². The highest BCUT2D eigenvalue weighted by Crippen LogP contribution is 2.32. The first-order valence-electron chi connectivity index (χ1n) is 3.97. The molecule has 68 valence electrons. The van der Waals surface area contributed by atoms with Crippen molar-refractivity contribution >= 4 is 5.97 Å². The predicted octanol–water partition coefficient (Wildman–Crippen LogP) is 1.14. The van der Waals surface area contributed by atoms with Crippen LogP contribution in [0.5, 0.6) is 0 Å². The van der Waals surface area contributed by atoms with E-state index in [2.05, 4.69) is 6.58 Å². The van der Waals surface area contributed by atoms with E-state index < -0.39 is 0 Å². The molecule has 1 aliphatic heterocycles. The number of hydrogen-bond acceptors (Lipinski definition) is 3. The highest BCUT2D eigenvalue weighted by atomic mass is 16.6. The molecule has 1 saturated heterocycles. The predicted molar refractivity (Wildman–Crippen MR) is 44.7 cm³/mol. The molecule has 0 aromatic rings. The Kier molecular flexibility index (Phi) is 2.52. The van der Waals surface area contributed by atoms with Crippen molar-refractivity contribution in [3.63, 3.8) is 0 Å². The molecule has 3 nitrogen and oxygen atoms in total. The Labute approximate surface area is 72.4 Å². The van der Waals surface area contributed by atoms with Gasteiger partial charge in [-0.1, -0.05) is 20.4 Å². The van der Waals surface area contributed by atoms with E-state index in [0.717, 1.165) is 6.61 Å². The molecular formula is C9H14O3. The molecule has 0 aliphatic carbocycles. The van der Waals surface area contributed by atoms with Gasteiger partial charge in [0.1, 0.15) is 0 Å². The summed E-state index contributed by atoms with van der Waals surface area (Å²) in [7, 11) is 0. The Morgan fingerprint density at radius 1 is 1.83 bits per heavy atom. The van der Waals surface area contributed by atoms with E-state index in [-0.39, 0.29) is 17.5 Å². The van der Waals surface area contributed by atoms with Crippen LogP contribution in [0.3, 0.4) is 0 Å². The first-order chi connectivity index (χ1) is 5.56. The molecule has 0 radical (unpaired) electrons. The van der Waals surface area contributed by atoms with Gasteiger partial charge in [0.25, 0.3) is 0 Å². The molecule has 0 amide bonds. The SMILES string of the molecule is C=CC(=O)OCC(C)(C)C1CO1. The van der Waals surface area contributed by atoms with Crippen molar-refractivity contribution in [2.45, 2.75) is 20.0 Å². The maximum absolute atomic E-state index is 10.7. The molecular weight excluding hydrogens is 156 g/mol. The van der Waals surface area contributed by atoms with Crippen LogP contribution in [0, 0.1) is 5.41 Å². The number of carbonyl (C=O) groups is 1. The Morgan fingerprint density at radius 2 is 2.42 bits per heavy atom. The molecule has 0 N–H and O–H groups in total. The molecule has 0 bridgehead atoms. The Morgan fingerprint density at radius 3 is 2.83 bits per heavy atom. The van der Waals surface area contributed by atoms with Crippen LogP contribution in [0.15, 0.2) is 12.7 Å². The number of ether oxygens (including phenoxy) is 2. The fraction of sp³-hybridized carbons (Fsp3) is 0.667. The topological polar surface area (TPSA) is 38.8 Å². The lowest BCUT2D eigenvalue weighted by atomic mass is 9.91. The standard InChI is InChI=1S/C9H14O3/c1-4-8(10)12-6-9(2,3)7-5-11-7/h4,7H,1,5-6H2,2-3H3. The summed E-state index contributed by atoms with van der Waals surface area (Å²) >= 11 is 0. The van der Waals surface area contributed by atoms with Gasteiger partial charge in [0.05, 0.1) is 19.3 Å². The van der Waals surface area contributed by atoms with E-state index in [4.69, 9.17) is 9.47 Å². The van der Waals surface area contributed by atoms with Crippen LogP contribution in [0.25, 0.3) is 0 Å². The lowest BCUT2D eigenvalue weighted by Crippen LogP contribution is -2.27. The highest BCUT2D eigenvalue weighted by molar-refractivity contribution is 5.81. The average Bonchev–Trinajstić information content (AvgIpc) is 2.82. The number of carbonyl (C=O) groups excluding carboxylic acids is 1. The summed E-state index contributed by atoms with van der Waals surface area (Å²) in [5.41, 5.74) is -0.0708. The quantitative estimate of drug-likeness (QED) is 0.361. The van der Waals surface area contributed by atoms with Crippen LogP contribution >= 0.6 is 0 Å². The van der Waals surface area contributed by atoms with Crippen LogP contribution in [-0.2, 0) is 14.3 Å². The van der Waals surface area contributed by atoms with Gasteiger partial charge in [-0.05, 0) is 0 Å². The van der Waals surface area contributed by atoms with Crippen molar-refractivity contribution in [1.82, 2.24) is 0 Å². The summed E-state index contributed by atoms with van der Waals surface area (Å²) in [5.74, 6) is -0.372. The van der Waals surface area contributed by atoms with Gasteiger partial charge < -0.3 is 9.47 Å². The highest BCUT2D eigenvalue weighted by Gasteiger charge is 2.40. The van der Waals surface area contributed by atoms with Gasteiger partial charge in [-0.25, -0.2) is 4.79 Å². The number of epoxide rings is 1. The lowest BCUT2D eigenvalue weighted by molar-refractivity contribution is -0.141. The number of esters is 1. The van der Waals surface area contributed by atoms with Crippen LogP contribution in [0.1, 0.15) is 13.8 Å². The maximum Gasteiger partial charge on any atom is 0.330 e. The average molecular weight is 170 g/mol. The molecule has 0 saturated carbocycles. The number of hydrogen-bond donors (Lipinski definition) is 0. The first kappa shape index (κ1) is 9.26. The minimum absolute atomic E-state index is 0.0708. The molecule has 1 rings (SSSR count). The zero-order chi connectivity index (χ0) is 9.19. The second-order valence-electron chi connectivity index (χ2n) is 3.62. The van der Waals surface area contributed by atoms with E-state index in [0.29, 0.717) is 6.61 Å². The number of rotatable bonds is 4. The third-order valence-corrected chi connectivity index (χ3v) is 1.96. The Balaban J connectivity index is 2.29. The van der Waals surface area contributed by atoms with Crippen LogP contribution in [0.4, 0.5) is 0 Å². The fourth-order valence-corrected chi connectivity index (χ4v) is 0.908. The van der Waals surface area contributed by atoms with Crippen LogP contribution in [-0.4, -0.2) is 25.3 Å². The smallest absolute Gasteiger partial charge is 0.330 e. The van der Waals surface area contributed by atoms with Gasteiger partial charge in [-0.15, -0.1) is 0 Å². The molecule has 3 heteroatoms. The molecule has 0 aromatic carbocycles. The van der Waals surface area contributed by atoms with Crippen molar-refractivity contribution in [2.24, 2.45) is 5.41 Å². The van der Waals surface area contributed by atoms with Gasteiger partial charge >= 0.3 is 5.97 Å². The minimum Gasteiger partial charge on any atom is -0.462 e. The third-order valence-electron chi connectivity index (χ3n) is 1.96. The van der Waals surface area contributed by atoms with E-state index in [9.17, 15) is 4.79 Å². The zero-order valence-electron chi connectivity index (χ0n) is 7.50. The zero-order valence-corrected chi connectivity index (χ0v) is 7.50. The summed E-state index contributed by atoms with van der Waals surface area (Å²) in [5, 5.41) is 0. The van der Waals surface area contributed by atoms with E-state index in [1.807, 2.05) is 13.8 Å². The molecule has 1 fully saturated rings. The van der Waals surface area contributed by atoms with Gasteiger partial charge in [0.15, 0.2) is 0 Å². The van der Waals surface area contributed by atoms with Crippen LogP contribution in [0.2, 0.25) is 0 Å². The van der Waals surface area contributed by atoms with Gasteiger partial charge in [0, 0.05) is 11.5 Å². The van der Waals surface area contributed by atoms with Gasteiger partial charge in [-0.3, -0.25) is 0 Å². The molecule has 0 aromatic heterocycles. The normalized spacial score (nSPS) is 21.7. The van der Waals surface area contributed by atoms with Crippen molar-refractivity contribution in [1.29, 1.82) is 0 Å². The second-order valence-corrected chi connectivity index (χ2v) is 3.62. The van der Waals surface area contributed by atoms with Crippen molar-refractivity contribution in [3.05, 3.63) is 12.7 Å².